The van der Waals surface area contributed by atoms with Gasteiger partial charge in [0.25, 0.3) is 0 Å². The third kappa shape index (κ3) is 1.78. The summed E-state index contributed by atoms with van der Waals surface area (Å²) in [4.78, 5) is 4.37. The first-order valence-corrected chi connectivity index (χ1v) is 5.52. The van der Waals surface area contributed by atoms with Gasteiger partial charge in [0.15, 0.2) is 0 Å². The molecule has 1 aliphatic carbocycles. The van der Waals surface area contributed by atoms with Crippen molar-refractivity contribution in [3.63, 3.8) is 0 Å². The summed E-state index contributed by atoms with van der Waals surface area (Å²) in [5, 5.41) is 0. The molecule has 61 valence electrons. The van der Waals surface area contributed by atoms with Crippen molar-refractivity contribution in [1.29, 1.82) is 0 Å². The van der Waals surface area contributed by atoms with E-state index in [1.54, 1.807) is 11.8 Å². The Balaban J connectivity index is 1.87. The molecule has 0 saturated heterocycles. The molecule has 2 aliphatic rings. The van der Waals surface area contributed by atoms with Crippen molar-refractivity contribution >= 4 is 17.3 Å². The van der Waals surface area contributed by atoms with Gasteiger partial charge in [-0.05, 0) is 18.8 Å². The van der Waals surface area contributed by atoms with E-state index in [0.717, 1.165) is 5.92 Å². The first kappa shape index (κ1) is 7.66. The van der Waals surface area contributed by atoms with Gasteiger partial charge in [-0.1, -0.05) is 19.3 Å². The molecule has 2 rings (SSSR count). The van der Waals surface area contributed by atoms with E-state index in [9.17, 15) is 0 Å². The second-order valence-corrected chi connectivity index (χ2v) is 4.30. The number of thioether (sulfide) groups is 1. The lowest BCUT2D eigenvalue weighted by atomic mass is 9.85. The average molecular weight is 168 g/mol. The van der Waals surface area contributed by atoms with Gasteiger partial charge in [-0.15, -0.1) is 11.8 Å². The van der Waals surface area contributed by atoms with Gasteiger partial charge >= 0.3 is 0 Å². The van der Waals surface area contributed by atoms with Gasteiger partial charge < -0.3 is 0 Å². The predicted molar refractivity (Wildman–Crippen MR) is 50.3 cm³/mol. The van der Waals surface area contributed by atoms with Crippen molar-refractivity contribution in [2.24, 2.45) is 10.9 Å². The van der Waals surface area contributed by atoms with Crippen molar-refractivity contribution in [2.75, 3.05) is 5.75 Å². The normalized spacial score (nSPS) is 32.9. The maximum absolute atomic E-state index is 4.37. The van der Waals surface area contributed by atoms with Gasteiger partial charge in [-0.3, -0.25) is 4.99 Å². The average Bonchev–Trinajstić information content (AvgIpc) is 2.58. The minimum Gasteiger partial charge on any atom is -0.271 e. The van der Waals surface area contributed by atoms with Crippen LogP contribution in [-0.4, -0.2) is 17.3 Å². The van der Waals surface area contributed by atoms with Crippen molar-refractivity contribution < 1.29 is 0 Å². The molecule has 0 aromatic rings. The minimum absolute atomic E-state index is 0.625. The van der Waals surface area contributed by atoms with E-state index in [-0.39, 0.29) is 0 Å². The molecule has 0 N–H and O–H groups in total. The van der Waals surface area contributed by atoms with E-state index < -0.39 is 0 Å². The molecule has 0 aromatic heterocycles. The van der Waals surface area contributed by atoms with E-state index in [1.807, 2.05) is 0 Å². The van der Waals surface area contributed by atoms with Crippen molar-refractivity contribution in [3.8, 4) is 0 Å². The van der Waals surface area contributed by atoms with Gasteiger partial charge in [0.1, 0.15) is 5.55 Å². The molecular formula is C9H14NS. The lowest BCUT2D eigenvalue weighted by molar-refractivity contribution is 0.322. The molecule has 11 heavy (non-hydrogen) atoms. The summed E-state index contributed by atoms with van der Waals surface area (Å²) in [6.45, 7) is 0. The Morgan fingerprint density at radius 3 is 2.64 bits per heavy atom. The smallest absolute Gasteiger partial charge is 0.123 e. The lowest BCUT2D eigenvalue weighted by Crippen LogP contribution is -2.21. The van der Waals surface area contributed by atoms with Crippen LogP contribution in [0, 0.1) is 5.92 Å². The Morgan fingerprint density at radius 1 is 1.18 bits per heavy atom. The summed E-state index contributed by atoms with van der Waals surface area (Å²) in [6.07, 6.45) is 7.14. The third-order valence-corrected chi connectivity index (χ3v) is 3.47. The maximum atomic E-state index is 4.37. The van der Waals surface area contributed by atoms with Crippen LogP contribution in [0.4, 0.5) is 0 Å². The highest BCUT2D eigenvalue weighted by molar-refractivity contribution is 8.12. The molecule has 0 amide bonds. The molecule has 2 heteroatoms. The molecule has 0 spiro atoms. The van der Waals surface area contributed by atoms with E-state index in [1.165, 1.54) is 37.9 Å². The molecule has 0 aromatic carbocycles. The Bertz CT molecular complexity index is 150. The fourth-order valence-electron chi connectivity index (χ4n) is 2.03. The van der Waals surface area contributed by atoms with E-state index in [0.29, 0.717) is 6.04 Å². The zero-order valence-electron chi connectivity index (χ0n) is 6.75. The second-order valence-electron chi connectivity index (χ2n) is 3.50. The van der Waals surface area contributed by atoms with Crippen LogP contribution in [0.5, 0.6) is 0 Å². The summed E-state index contributed by atoms with van der Waals surface area (Å²) < 4.78 is 0. The SMILES string of the molecule is [C]1=NC(C2CCCCC2)CS1. The molecule has 1 aliphatic heterocycles. The predicted octanol–water partition coefficient (Wildman–Crippen LogP) is 2.59. The van der Waals surface area contributed by atoms with Gasteiger partial charge in [0.2, 0.25) is 0 Å². The van der Waals surface area contributed by atoms with Crippen LogP contribution in [0.2, 0.25) is 0 Å². The van der Waals surface area contributed by atoms with Crippen LogP contribution in [0.25, 0.3) is 0 Å². The maximum Gasteiger partial charge on any atom is 0.123 e. The quantitative estimate of drug-likeness (QED) is 0.586. The van der Waals surface area contributed by atoms with Crippen LogP contribution >= 0.6 is 11.8 Å². The van der Waals surface area contributed by atoms with Crippen LogP contribution in [0.15, 0.2) is 4.99 Å². The summed E-state index contributed by atoms with van der Waals surface area (Å²) in [5.41, 5.74) is 3.01. The molecule has 1 atom stereocenters. The second kappa shape index (κ2) is 3.61. The van der Waals surface area contributed by atoms with Crippen molar-refractivity contribution in [3.05, 3.63) is 0 Å². The number of hydrogen-bond donors (Lipinski definition) is 0. The number of aliphatic imine (C=N–C) groups is 1. The van der Waals surface area contributed by atoms with E-state index in [4.69, 9.17) is 0 Å². The van der Waals surface area contributed by atoms with Crippen LogP contribution < -0.4 is 0 Å². The molecule has 0 bridgehead atoms. The van der Waals surface area contributed by atoms with E-state index in [2.05, 4.69) is 10.5 Å². The summed E-state index contributed by atoms with van der Waals surface area (Å²) in [5.74, 6) is 2.09. The first-order valence-electron chi connectivity index (χ1n) is 4.53. The van der Waals surface area contributed by atoms with Gasteiger partial charge in [0, 0.05) is 5.75 Å². The zero-order valence-corrected chi connectivity index (χ0v) is 7.57. The number of rotatable bonds is 1. The molecule has 1 heterocycles. The van der Waals surface area contributed by atoms with Gasteiger partial charge in [-0.2, -0.15) is 0 Å². The Morgan fingerprint density at radius 2 is 2.00 bits per heavy atom. The van der Waals surface area contributed by atoms with Crippen LogP contribution in [0.3, 0.4) is 0 Å². The third-order valence-electron chi connectivity index (χ3n) is 2.73. The first-order chi connectivity index (χ1) is 5.47. The highest BCUT2D eigenvalue weighted by atomic mass is 32.2. The lowest BCUT2D eigenvalue weighted by Gasteiger charge is -2.24. The molecular weight excluding hydrogens is 154 g/mol. The van der Waals surface area contributed by atoms with Gasteiger partial charge in [-0.25, -0.2) is 0 Å². The summed E-state index contributed by atoms with van der Waals surface area (Å²) in [7, 11) is 0. The Hall–Kier alpha value is 0.0200. The summed E-state index contributed by atoms with van der Waals surface area (Å²) in [6, 6.07) is 0.625. The van der Waals surface area contributed by atoms with Crippen LogP contribution in [0.1, 0.15) is 32.1 Å². The Labute approximate surface area is 72.7 Å². The fourth-order valence-corrected chi connectivity index (χ4v) is 2.83. The topological polar surface area (TPSA) is 12.4 Å². The van der Waals surface area contributed by atoms with Crippen molar-refractivity contribution in [1.82, 2.24) is 0 Å². The monoisotopic (exact) mass is 168 g/mol. The largest absolute Gasteiger partial charge is 0.271 e. The highest BCUT2D eigenvalue weighted by Crippen LogP contribution is 2.31. The summed E-state index contributed by atoms with van der Waals surface area (Å²) >= 11 is 1.76. The fraction of sp³-hybridized carbons (Fsp3) is 0.889. The number of hydrogen-bond acceptors (Lipinski definition) is 2. The molecule has 1 saturated carbocycles. The molecule has 1 unspecified atom stereocenters. The molecule has 1 fully saturated rings. The zero-order chi connectivity index (χ0) is 7.52. The minimum atomic E-state index is 0.625. The van der Waals surface area contributed by atoms with Crippen molar-refractivity contribution in [2.45, 2.75) is 38.1 Å². The number of nitrogens with zero attached hydrogens (tertiary/aromatic N) is 1. The van der Waals surface area contributed by atoms with Gasteiger partial charge in [0.05, 0.1) is 6.04 Å². The highest BCUT2D eigenvalue weighted by Gasteiger charge is 2.24. The molecule has 1 radical (unpaired) electrons. The van der Waals surface area contributed by atoms with E-state index >= 15 is 0 Å². The Kier molecular flexibility index (Phi) is 2.52. The van der Waals surface area contributed by atoms with Crippen LogP contribution in [-0.2, 0) is 0 Å². The molecule has 1 nitrogen and oxygen atoms in total. The standard InChI is InChI=1S/C9H14NS/c1-2-4-8(5-3-1)9-6-11-7-10-9/h8-9H,1-6H2.